The van der Waals surface area contributed by atoms with Crippen LogP contribution in [0.15, 0.2) is 48.5 Å². The molecule has 0 aliphatic heterocycles. The van der Waals surface area contributed by atoms with E-state index in [0.29, 0.717) is 22.3 Å². The van der Waals surface area contributed by atoms with E-state index in [-0.39, 0.29) is 5.91 Å². The van der Waals surface area contributed by atoms with Crippen LogP contribution in [0.1, 0.15) is 19.7 Å². The van der Waals surface area contributed by atoms with Crippen LogP contribution in [0.2, 0.25) is 5.02 Å². The molecular formula is C19H19ClN4O2. The molecule has 0 saturated heterocycles. The summed E-state index contributed by atoms with van der Waals surface area (Å²) in [4.78, 5) is 16.9. The summed E-state index contributed by atoms with van der Waals surface area (Å²) in [6, 6.07) is 14.2. The molecule has 0 aliphatic rings. The Balaban J connectivity index is 1.67. The lowest BCUT2D eigenvalue weighted by atomic mass is 10.1. The van der Waals surface area contributed by atoms with Crippen molar-refractivity contribution in [2.75, 3.05) is 5.32 Å². The third-order valence-corrected chi connectivity index (χ3v) is 3.98. The van der Waals surface area contributed by atoms with Crippen molar-refractivity contribution in [3.05, 3.63) is 59.4 Å². The molecule has 0 fully saturated rings. The number of H-pyrrole nitrogens is 1. The Morgan fingerprint density at radius 2 is 1.77 bits per heavy atom. The zero-order valence-electron chi connectivity index (χ0n) is 14.7. The molecular weight excluding hydrogens is 352 g/mol. The molecule has 0 spiro atoms. The number of ether oxygens (including phenoxy) is 1. The number of hydrogen-bond acceptors (Lipinski definition) is 4. The fourth-order valence-corrected chi connectivity index (χ4v) is 2.43. The lowest BCUT2D eigenvalue weighted by Gasteiger charge is -2.25. The number of aromatic amines is 1. The lowest BCUT2D eigenvalue weighted by Crippen LogP contribution is -2.42. The van der Waals surface area contributed by atoms with Gasteiger partial charge in [0.2, 0.25) is 0 Å². The van der Waals surface area contributed by atoms with Gasteiger partial charge >= 0.3 is 0 Å². The number of aromatic nitrogens is 3. The molecule has 3 rings (SSSR count). The Morgan fingerprint density at radius 1 is 1.12 bits per heavy atom. The minimum atomic E-state index is -1.05. The van der Waals surface area contributed by atoms with Crippen molar-refractivity contribution >= 4 is 23.2 Å². The summed E-state index contributed by atoms with van der Waals surface area (Å²) in [6.07, 6.45) is 0. The number of nitrogens with one attached hydrogen (secondary N) is 2. The number of hydrogen-bond donors (Lipinski definition) is 2. The predicted molar refractivity (Wildman–Crippen MR) is 101 cm³/mol. The Kier molecular flexibility index (Phi) is 4.95. The molecule has 1 heterocycles. The van der Waals surface area contributed by atoms with E-state index in [2.05, 4.69) is 20.5 Å². The zero-order chi connectivity index (χ0) is 18.7. The molecule has 0 aliphatic carbocycles. The number of carbonyl (C=O) groups excluding carboxylic acids is 1. The summed E-state index contributed by atoms with van der Waals surface area (Å²) in [6.45, 7) is 5.26. The maximum Gasteiger partial charge on any atom is 0.267 e. The lowest BCUT2D eigenvalue weighted by molar-refractivity contribution is -0.128. The first kappa shape index (κ1) is 17.9. The number of carbonyl (C=O) groups is 1. The molecule has 2 aromatic carbocycles. The average Bonchev–Trinajstić information content (AvgIpc) is 3.04. The Bertz CT molecular complexity index is 902. The molecule has 0 unspecified atom stereocenters. The highest BCUT2D eigenvalue weighted by molar-refractivity contribution is 6.30. The van der Waals surface area contributed by atoms with Crippen LogP contribution >= 0.6 is 11.6 Å². The summed E-state index contributed by atoms with van der Waals surface area (Å²) in [7, 11) is 0. The van der Waals surface area contributed by atoms with Gasteiger partial charge in [0.25, 0.3) is 5.91 Å². The molecule has 0 atom stereocenters. The van der Waals surface area contributed by atoms with Gasteiger partial charge in [-0.3, -0.25) is 9.89 Å². The first-order valence-electron chi connectivity index (χ1n) is 8.09. The van der Waals surface area contributed by atoms with Crippen molar-refractivity contribution in [3.8, 4) is 17.1 Å². The molecule has 26 heavy (non-hydrogen) atoms. The molecule has 0 saturated carbocycles. The second-order valence-electron chi connectivity index (χ2n) is 6.34. The first-order chi connectivity index (χ1) is 12.3. The number of halogens is 1. The Hall–Kier alpha value is -2.86. The second-order valence-corrected chi connectivity index (χ2v) is 6.78. The summed E-state index contributed by atoms with van der Waals surface area (Å²) in [5, 5.41) is 10.4. The highest BCUT2D eigenvalue weighted by Crippen LogP contribution is 2.23. The van der Waals surface area contributed by atoms with Gasteiger partial charge in [-0.2, -0.15) is 5.10 Å². The minimum absolute atomic E-state index is 0.256. The van der Waals surface area contributed by atoms with Crippen LogP contribution in [0.4, 0.5) is 5.69 Å². The van der Waals surface area contributed by atoms with Gasteiger partial charge in [-0.1, -0.05) is 11.6 Å². The van der Waals surface area contributed by atoms with Gasteiger partial charge < -0.3 is 10.1 Å². The molecule has 2 N–H and O–H groups in total. The van der Waals surface area contributed by atoms with Crippen molar-refractivity contribution in [2.45, 2.75) is 26.4 Å². The van der Waals surface area contributed by atoms with Crippen LogP contribution in [-0.4, -0.2) is 26.7 Å². The summed E-state index contributed by atoms with van der Waals surface area (Å²) in [5.41, 5.74) is 0.482. The third-order valence-electron chi connectivity index (χ3n) is 3.73. The van der Waals surface area contributed by atoms with Gasteiger partial charge in [-0.25, -0.2) is 4.98 Å². The molecule has 6 nitrogen and oxygen atoms in total. The second kappa shape index (κ2) is 7.17. The summed E-state index contributed by atoms with van der Waals surface area (Å²) in [5.74, 6) is 1.68. The largest absolute Gasteiger partial charge is 0.478 e. The van der Waals surface area contributed by atoms with Crippen LogP contribution < -0.4 is 10.1 Å². The summed E-state index contributed by atoms with van der Waals surface area (Å²) >= 11 is 5.87. The summed E-state index contributed by atoms with van der Waals surface area (Å²) < 4.78 is 5.79. The van der Waals surface area contributed by atoms with Crippen molar-refractivity contribution in [1.82, 2.24) is 15.2 Å². The molecule has 1 amide bonds. The predicted octanol–water partition coefficient (Wildman–Crippen LogP) is 4.23. The Labute approximate surface area is 156 Å². The first-order valence-corrected chi connectivity index (χ1v) is 8.47. The smallest absolute Gasteiger partial charge is 0.267 e. The third kappa shape index (κ3) is 4.21. The molecule has 134 valence electrons. The van der Waals surface area contributed by atoms with E-state index < -0.39 is 5.60 Å². The van der Waals surface area contributed by atoms with Crippen LogP contribution in [0.25, 0.3) is 11.4 Å². The van der Waals surface area contributed by atoms with Gasteiger partial charge in [0.1, 0.15) is 11.6 Å². The number of anilines is 1. The van der Waals surface area contributed by atoms with Crippen LogP contribution in [0.3, 0.4) is 0 Å². The SMILES string of the molecule is Cc1nc(-c2ccc(NC(=O)C(C)(C)Oc3ccc(Cl)cc3)cc2)n[nH]1. The molecule has 0 bridgehead atoms. The molecule has 7 heteroatoms. The maximum absolute atomic E-state index is 12.6. The quantitative estimate of drug-likeness (QED) is 0.704. The van der Waals surface area contributed by atoms with Crippen LogP contribution in [-0.2, 0) is 4.79 Å². The van der Waals surface area contributed by atoms with E-state index in [1.165, 1.54) is 0 Å². The van der Waals surface area contributed by atoms with Gasteiger partial charge in [0.15, 0.2) is 11.4 Å². The van der Waals surface area contributed by atoms with E-state index >= 15 is 0 Å². The van der Waals surface area contributed by atoms with Gasteiger partial charge in [0.05, 0.1) is 0 Å². The fourth-order valence-electron chi connectivity index (χ4n) is 2.30. The van der Waals surface area contributed by atoms with E-state index in [9.17, 15) is 4.79 Å². The number of nitrogens with zero attached hydrogens (tertiary/aromatic N) is 2. The number of amides is 1. The zero-order valence-corrected chi connectivity index (χ0v) is 15.5. The highest BCUT2D eigenvalue weighted by Gasteiger charge is 2.30. The van der Waals surface area contributed by atoms with E-state index in [4.69, 9.17) is 16.3 Å². The number of aryl methyl sites for hydroxylation is 1. The van der Waals surface area contributed by atoms with Gasteiger partial charge in [-0.15, -0.1) is 0 Å². The van der Waals surface area contributed by atoms with E-state index in [0.717, 1.165) is 11.4 Å². The van der Waals surface area contributed by atoms with Gasteiger partial charge in [-0.05, 0) is 69.3 Å². The van der Waals surface area contributed by atoms with Crippen molar-refractivity contribution in [2.24, 2.45) is 0 Å². The van der Waals surface area contributed by atoms with Crippen LogP contribution in [0, 0.1) is 6.92 Å². The molecule has 3 aromatic rings. The molecule has 0 radical (unpaired) electrons. The number of benzene rings is 2. The number of rotatable bonds is 5. The van der Waals surface area contributed by atoms with Crippen LogP contribution in [0.5, 0.6) is 5.75 Å². The average molecular weight is 371 g/mol. The monoisotopic (exact) mass is 370 g/mol. The van der Waals surface area contributed by atoms with Gasteiger partial charge in [0, 0.05) is 16.3 Å². The molecule has 1 aromatic heterocycles. The fraction of sp³-hybridized carbons (Fsp3) is 0.211. The standard InChI is InChI=1S/C19H19ClN4O2/c1-12-21-17(24-23-12)13-4-8-15(9-5-13)22-18(25)19(2,3)26-16-10-6-14(20)7-11-16/h4-11H,1-3H3,(H,22,25)(H,21,23,24). The van der Waals surface area contributed by atoms with E-state index in [1.54, 1.807) is 50.2 Å². The highest BCUT2D eigenvalue weighted by atomic mass is 35.5. The van der Waals surface area contributed by atoms with E-state index in [1.807, 2.05) is 19.1 Å². The van der Waals surface area contributed by atoms with Crippen molar-refractivity contribution < 1.29 is 9.53 Å². The maximum atomic E-state index is 12.6. The minimum Gasteiger partial charge on any atom is -0.478 e. The topological polar surface area (TPSA) is 79.9 Å². The van der Waals surface area contributed by atoms with Crippen molar-refractivity contribution in [3.63, 3.8) is 0 Å². The van der Waals surface area contributed by atoms with Crippen molar-refractivity contribution in [1.29, 1.82) is 0 Å². The normalized spacial score (nSPS) is 11.2. The Morgan fingerprint density at radius 3 is 2.35 bits per heavy atom.